The van der Waals surface area contributed by atoms with Crippen molar-refractivity contribution in [1.82, 2.24) is 34.5 Å². The van der Waals surface area contributed by atoms with E-state index in [9.17, 15) is 0 Å². The quantitative estimate of drug-likeness (QED) is 0.533. The molecule has 8 nitrogen and oxygen atoms in total. The molecule has 1 aliphatic rings. The lowest BCUT2D eigenvalue weighted by Gasteiger charge is -2.33. The Labute approximate surface area is 169 Å². The van der Waals surface area contributed by atoms with Gasteiger partial charge < -0.3 is 9.47 Å². The van der Waals surface area contributed by atoms with Gasteiger partial charge in [0.2, 0.25) is 0 Å². The third-order valence-corrected chi connectivity index (χ3v) is 5.59. The second-order valence-electron chi connectivity index (χ2n) is 7.80. The van der Waals surface area contributed by atoms with Crippen molar-refractivity contribution >= 4 is 16.9 Å². The minimum absolute atomic E-state index is 0.336. The third-order valence-electron chi connectivity index (χ3n) is 5.59. The second-order valence-corrected chi connectivity index (χ2v) is 7.80. The number of fused-ring (bicyclic) bond motifs is 1. The first kappa shape index (κ1) is 17.8. The lowest BCUT2D eigenvalue weighted by molar-refractivity contribution is 0.453. The molecular weight excluding hydrogens is 364 g/mol. The lowest BCUT2D eigenvalue weighted by Crippen LogP contribution is -2.36. The van der Waals surface area contributed by atoms with E-state index < -0.39 is 0 Å². The second kappa shape index (κ2) is 7.27. The van der Waals surface area contributed by atoms with Crippen molar-refractivity contribution in [3.63, 3.8) is 0 Å². The van der Waals surface area contributed by atoms with Gasteiger partial charge in [-0.1, -0.05) is 18.2 Å². The molecule has 0 saturated carbocycles. The summed E-state index contributed by atoms with van der Waals surface area (Å²) in [4.78, 5) is 11.5. The van der Waals surface area contributed by atoms with Gasteiger partial charge >= 0.3 is 0 Å². The number of para-hydroxylation sites is 1. The zero-order chi connectivity index (χ0) is 19.8. The summed E-state index contributed by atoms with van der Waals surface area (Å²) in [6.45, 7) is 6.17. The van der Waals surface area contributed by atoms with Crippen LogP contribution in [0, 0.1) is 0 Å². The molecular formula is C21H24N8. The predicted octanol–water partition coefficient (Wildman–Crippen LogP) is 3.37. The Morgan fingerprint density at radius 2 is 1.97 bits per heavy atom. The van der Waals surface area contributed by atoms with Gasteiger partial charge in [-0.15, -0.1) is 10.2 Å². The van der Waals surface area contributed by atoms with Crippen LogP contribution in [0.5, 0.6) is 0 Å². The molecule has 148 valence electrons. The summed E-state index contributed by atoms with van der Waals surface area (Å²) < 4.78 is 4.05. The molecule has 0 spiro atoms. The maximum atomic E-state index is 4.63. The maximum Gasteiger partial charge on any atom is 0.168 e. The number of nitrogens with zero attached hydrogens (tertiary/aromatic N) is 8. The molecule has 1 aromatic carbocycles. The number of anilines is 1. The number of rotatable bonds is 4. The summed E-state index contributed by atoms with van der Waals surface area (Å²) in [5, 5.41) is 14.2. The van der Waals surface area contributed by atoms with E-state index in [1.807, 2.05) is 47.5 Å². The molecule has 0 radical (unpaired) electrons. The first-order chi connectivity index (χ1) is 14.2. The molecule has 1 aliphatic heterocycles. The van der Waals surface area contributed by atoms with Crippen LogP contribution in [-0.4, -0.2) is 47.6 Å². The van der Waals surface area contributed by atoms with Gasteiger partial charge in [0.15, 0.2) is 5.65 Å². The van der Waals surface area contributed by atoms with Crippen molar-refractivity contribution in [2.75, 3.05) is 18.0 Å². The van der Waals surface area contributed by atoms with E-state index in [0.717, 1.165) is 54.3 Å². The molecule has 1 atom stereocenters. The Morgan fingerprint density at radius 3 is 2.79 bits per heavy atom. The molecule has 0 bridgehead atoms. The normalized spacial score (nSPS) is 17.3. The highest BCUT2D eigenvalue weighted by Crippen LogP contribution is 2.32. The van der Waals surface area contributed by atoms with Crippen LogP contribution in [0.3, 0.4) is 0 Å². The van der Waals surface area contributed by atoms with E-state index in [2.05, 4.69) is 48.6 Å². The topological polar surface area (TPSA) is 77.6 Å². The Morgan fingerprint density at radius 1 is 1.10 bits per heavy atom. The lowest BCUT2D eigenvalue weighted by atomic mass is 9.96. The van der Waals surface area contributed by atoms with E-state index in [0.29, 0.717) is 12.0 Å². The monoisotopic (exact) mass is 388 g/mol. The van der Waals surface area contributed by atoms with E-state index in [-0.39, 0.29) is 0 Å². The summed E-state index contributed by atoms with van der Waals surface area (Å²) in [5.41, 5.74) is 1.82. The van der Waals surface area contributed by atoms with E-state index in [4.69, 9.17) is 0 Å². The molecule has 1 saturated heterocycles. The van der Waals surface area contributed by atoms with Gasteiger partial charge in [-0.25, -0.2) is 14.6 Å². The van der Waals surface area contributed by atoms with Crippen LogP contribution >= 0.6 is 0 Å². The van der Waals surface area contributed by atoms with Crippen molar-refractivity contribution in [2.45, 2.75) is 38.6 Å². The van der Waals surface area contributed by atoms with E-state index >= 15 is 0 Å². The van der Waals surface area contributed by atoms with Crippen molar-refractivity contribution in [3.8, 4) is 5.69 Å². The standard InChI is InChI=1S/C21H24N8/c1-15(2)28-14-24-26-19(28)16-7-6-10-27(12-16)20-18-11-25-29(21(18)23-13-22-20)17-8-4-3-5-9-17/h3-5,8-9,11,13-16H,6-7,10,12H2,1-2H3. The average molecular weight is 388 g/mol. The third kappa shape index (κ3) is 3.14. The largest absolute Gasteiger partial charge is 0.355 e. The van der Waals surface area contributed by atoms with E-state index in [1.165, 1.54) is 0 Å². The number of hydrogen-bond donors (Lipinski definition) is 0. The molecule has 0 amide bonds. The van der Waals surface area contributed by atoms with Gasteiger partial charge in [-0.3, -0.25) is 0 Å². The smallest absolute Gasteiger partial charge is 0.168 e. The van der Waals surface area contributed by atoms with Crippen LogP contribution in [0.4, 0.5) is 5.82 Å². The van der Waals surface area contributed by atoms with Crippen LogP contribution in [0.15, 0.2) is 49.2 Å². The first-order valence-corrected chi connectivity index (χ1v) is 10.1. The Kier molecular flexibility index (Phi) is 4.46. The highest BCUT2D eigenvalue weighted by Gasteiger charge is 2.28. The van der Waals surface area contributed by atoms with Crippen molar-refractivity contribution < 1.29 is 0 Å². The zero-order valence-electron chi connectivity index (χ0n) is 16.7. The molecule has 4 heterocycles. The summed E-state index contributed by atoms with van der Waals surface area (Å²) in [5.74, 6) is 2.34. The number of aromatic nitrogens is 7. The number of hydrogen-bond acceptors (Lipinski definition) is 6. The first-order valence-electron chi connectivity index (χ1n) is 10.1. The predicted molar refractivity (Wildman–Crippen MR) is 111 cm³/mol. The van der Waals surface area contributed by atoms with Crippen LogP contribution in [0.1, 0.15) is 44.5 Å². The minimum Gasteiger partial charge on any atom is -0.355 e. The number of benzene rings is 1. The molecule has 3 aromatic heterocycles. The minimum atomic E-state index is 0.336. The van der Waals surface area contributed by atoms with Crippen LogP contribution in [-0.2, 0) is 0 Å². The molecule has 0 N–H and O–H groups in total. The van der Waals surface area contributed by atoms with Gasteiger partial charge in [0.1, 0.15) is 24.3 Å². The highest BCUT2D eigenvalue weighted by molar-refractivity contribution is 5.87. The summed E-state index contributed by atoms with van der Waals surface area (Å²) in [6.07, 6.45) is 7.55. The van der Waals surface area contributed by atoms with Crippen LogP contribution < -0.4 is 4.90 Å². The summed E-state index contributed by atoms with van der Waals surface area (Å²) in [6, 6.07) is 10.4. The van der Waals surface area contributed by atoms with Gasteiger partial charge in [-0.2, -0.15) is 5.10 Å². The molecule has 1 fully saturated rings. The van der Waals surface area contributed by atoms with Crippen LogP contribution in [0.2, 0.25) is 0 Å². The molecule has 0 aliphatic carbocycles. The molecule has 1 unspecified atom stereocenters. The Hall–Kier alpha value is -3.29. The van der Waals surface area contributed by atoms with Crippen molar-refractivity contribution in [1.29, 1.82) is 0 Å². The molecule has 5 rings (SSSR count). The number of piperidine rings is 1. The summed E-state index contributed by atoms with van der Waals surface area (Å²) >= 11 is 0. The Balaban J connectivity index is 1.49. The zero-order valence-corrected chi connectivity index (χ0v) is 16.7. The fourth-order valence-corrected chi connectivity index (χ4v) is 4.16. The van der Waals surface area contributed by atoms with Gasteiger partial charge in [0, 0.05) is 25.0 Å². The van der Waals surface area contributed by atoms with Gasteiger partial charge in [-0.05, 0) is 38.8 Å². The van der Waals surface area contributed by atoms with Crippen LogP contribution in [0.25, 0.3) is 16.7 Å². The summed E-state index contributed by atoms with van der Waals surface area (Å²) in [7, 11) is 0. The van der Waals surface area contributed by atoms with Crippen molar-refractivity contribution in [3.05, 3.63) is 55.0 Å². The van der Waals surface area contributed by atoms with Gasteiger partial charge in [0.25, 0.3) is 0 Å². The SMILES string of the molecule is CC(C)n1cnnc1C1CCCN(c2ncnc3c2cnn3-c2ccccc2)C1. The van der Waals surface area contributed by atoms with Crippen molar-refractivity contribution in [2.24, 2.45) is 0 Å². The molecule has 29 heavy (non-hydrogen) atoms. The molecule has 4 aromatic rings. The Bertz CT molecular complexity index is 1110. The fraction of sp³-hybridized carbons (Fsp3) is 0.381. The fourth-order valence-electron chi connectivity index (χ4n) is 4.16. The van der Waals surface area contributed by atoms with Gasteiger partial charge in [0.05, 0.1) is 17.3 Å². The average Bonchev–Trinajstić information content (AvgIpc) is 3.42. The van der Waals surface area contributed by atoms with E-state index in [1.54, 1.807) is 6.33 Å². The maximum absolute atomic E-state index is 4.63. The highest BCUT2D eigenvalue weighted by atomic mass is 15.3. The molecule has 8 heteroatoms.